The number of fused-ring (bicyclic) bond motifs is 13. The molecule has 0 spiro atoms. The lowest BCUT2D eigenvalue weighted by atomic mass is 9.76. The number of hydrogen-bond acceptors (Lipinski definition) is 17. The fourth-order valence-electron chi connectivity index (χ4n) is 11.8. The Labute approximate surface area is 405 Å². The smallest absolute Gasteiger partial charge is 0.231 e. The third-order valence-corrected chi connectivity index (χ3v) is 15.3. The van der Waals surface area contributed by atoms with E-state index < -0.39 is 0 Å². The van der Waals surface area contributed by atoms with Crippen LogP contribution in [0.5, 0.6) is 0 Å². The second kappa shape index (κ2) is 16.8. The summed E-state index contributed by atoms with van der Waals surface area (Å²) in [7, 11) is 1.78. The van der Waals surface area contributed by atoms with E-state index in [4.69, 9.17) is 25.7 Å². The summed E-state index contributed by atoms with van der Waals surface area (Å²) in [6, 6.07) is 8.81. The molecule has 6 aliphatic rings. The van der Waals surface area contributed by atoms with Crippen LogP contribution in [0.15, 0.2) is 48.9 Å². The van der Waals surface area contributed by atoms with E-state index in [1.54, 1.807) is 42.5 Å². The van der Waals surface area contributed by atoms with Crippen molar-refractivity contribution in [2.45, 2.75) is 89.5 Å². The Morgan fingerprint density at radius 3 is 1.94 bits per heavy atom. The number of H-pyrrole nitrogens is 2. The van der Waals surface area contributed by atoms with Gasteiger partial charge in [-0.2, -0.15) is 19.9 Å². The summed E-state index contributed by atoms with van der Waals surface area (Å²) >= 11 is 0. The predicted molar refractivity (Wildman–Crippen MR) is 272 cm³/mol. The Balaban J connectivity index is 0.788. The number of nitrogens with one attached hydrogen (secondary N) is 7. The van der Waals surface area contributed by atoms with E-state index in [0.29, 0.717) is 86.3 Å². The highest BCUT2D eigenvalue weighted by Crippen LogP contribution is 2.45. The molecule has 4 saturated heterocycles. The van der Waals surface area contributed by atoms with Gasteiger partial charge < -0.3 is 46.8 Å². The van der Waals surface area contributed by atoms with Crippen molar-refractivity contribution < 1.29 is 8.78 Å². The molecule has 15 rings (SSSR count). The van der Waals surface area contributed by atoms with E-state index in [0.717, 1.165) is 85.1 Å². The van der Waals surface area contributed by atoms with E-state index >= 15 is 8.78 Å². The monoisotopic (exact) mass is 960 g/mol. The molecule has 11 heterocycles. The van der Waals surface area contributed by atoms with Crippen LogP contribution < -0.4 is 42.1 Å². The standard InChI is InChI=1S/C49H54F2N20/c1-22(2)71-45-38(67-68-71)13-28(16-56-45)59-48-63-44-40(46(65-48)69-19-24-5-7-30(69)14-34(24)52)33-10-27(51)12-37(42(33)62-44)58-21-57-35-15-31-8-6-25(35)20-70(31)47-39-32-9-26(50)11-36(53-4)41(32)61-43(39)64-49(66-47)60-29-17-54-23(3)55-18-29/h9-13,16-18,22,24-25,30-31,34-35,53,57-58H,5-8,14-15,19-21,52H2,1-4H3,(H2,59,62,63,65)(H2,60,61,64,66)/t24?,25?,30?,31?,34-,35-/m1/s1. The zero-order valence-electron chi connectivity index (χ0n) is 39.7. The van der Waals surface area contributed by atoms with E-state index in [1.165, 1.54) is 12.1 Å². The second-order valence-corrected chi connectivity index (χ2v) is 20.0. The Morgan fingerprint density at radius 1 is 0.732 bits per heavy atom. The molecule has 6 fully saturated rings. The zero-order chi connectivity index (χ0) is 48.2. The van der Waals surface area contributed by atoms with Crippen LogP contribution in [0.3, 0.4) is 0 Å². The largest absolute Gasteiger partial charge is 0.386 e. The van der Waals surface area contributed by atoms with Crippen LogP contribution in [-0.4, -0.2) is 111 Å². The molecule has 9 N–H and O–H groups in total. The maximum atomic E-state index is 15.9. The van der Waals surface area contributed by atoms with Crippen molar-refractivity contribution in [1.29, 1.82) is 0 Å². The summed E-state index contributed by atoms with van der Waals surface area (Å²) in [5, 5.41) is 28.8. The molecule has 2 saturated carbocycles. The van der Waals surface area contributed by atoms with Crippen LogP contribution in [-0.2, 0) is 0 Å². The van der Waals surface area contributed by atoms with Crippen molar-refractivity contribution in [3.05, 3.63) is 66.4 Å². The van der Waals surface area contributed by atoms with Gasteiger partial charge in [-0.3, -0.25) is 5.32 Å². The van der Waals surface area contributed by atoms with Crippen LogP contribution in [0.2, 0.25) is 0 Å². The summed E-state index contributed by atoms with van der Waals surface area (Å²) < 4.78 is 32.9. The maximum absolute atomic E-state index is 15.9. The number of aromatic amines is 2. The highest BCUT2D eigenvalue weighted by molar-refractivity contribution is 6.16. The van der Waals surface area contributed by atoms with Gasteiger partial charge >= 0.3 is 0 Å². The van der Waals surface area contributed by atoms with Crippen molar-refractivity contribution in [3.8, 4) is 0 Å². The Kier molecular flexibility index (Phi) is 10.3. The van der Waals surface area contributed by atoms with E-state index in [-0.39, 0.29) is 47.8 Å². The molecular formula is C49H54F2N20. The predicted octanol–water partition coefficient (Wildman–Crippen LogP) is 7.49. The molecule has 4 unspecified atom stereocenters. The molecule has 7 aromatic heterocycles. The van der Waals surface area contributed by atoms with Crippen LogP contribution in [0, 0.1) is 30.4 Å². The Hall–Kier alpha value is -7.59. The number of nitrogens with two attached hydrogens (primary N) is 1. The number of pyridine rings is 1. The summed E-state index contributed by atoms with van der Waals surface area (Å²) in [5.41, 5.74) is 13.3. The van der Waals surface area contributed by atoms with Crippen molar-refractivity contribution >= 4 is 101 Å². The van der Waals surface area contributed by atoms with Gasteiger partial charge in [0.1, 0.15) is 45.9 Å². The fourth-order valence-corrected chi connectivity index (χ4v) is 11.8. The van der Waals surface area contributed by atoms with Gasteiger partial charge in [0.2, 0.25) is 11.9 Å². The molecule has 2 aliphatic carbocycles. The van der Waals surface area contributed by atoms with E-state index in [9.17, 15) is 0 Å². The maximum Gasteiger partial charge on any atom is 0.231 e. The van der Waals surface area contributed by atoms with Gasteiger partial charge in [0, 0.05) is 55.1 Å². The minimum Gasteiger partial charge on any atom is -0.386 e. The molecule has 71 heavy (non-hydrogen) atoms. The van der Waals surface area contributed by atoms with E-state index in [1.807, 2.05) is 26.8 Å². The number of halogens is 2. The quantitative estimate of drug-likeness (QED) is 0.0553. The van der Waals surface area contributed by atoms with Gasteiger partial charge in [-0.1, -0.05) is 5.21 Å². The lowest BCUT2D eigenvalue weighted by molar-refractivity contribution is 0.188. The molecule has 2 aromatic carbocycles. The number of rotatable bonds is 12. The molecule has 9 aromatic rings. The Bertz CT molecular complexity index is 3530. The van der Waals surface area contributed by atoms with Gasteiger partial charge in [0.05, 0.1) is 75.9 Å². The summed E-state index contributed by atoms with van der Waals surface area (Å²) in [5.74, 6) is 2.82. The topological polar surface area (TPSA) is 245 Å². The number of aryl methyl sites for hydroxylation is 1. The van der Waals surface area contributed by atoms with Gasteiger partial charge in [0.15, 0.2) is 5.65 Å². The first-order valence-electron chi connectivity index (χ1n) is 24.5. The number of hydrogen-bond donors (Lipinski definition) is 8. The summed E-state index contributed by atoms with van der Waals surface area (Å²) in [6.45, 7) is 7.81. The van der Waals surface area contributed by atoms with Crippen molar-refractivity contribution in [3.63, 3.8) is 0 Å². The number of anilines is 8. The lowest BCUT2D eigenvalue weighted by Gasteiger charge is -2.50. The molecule has 0 amide bonds. The van der Waals surface area contributed by atoms with Crippen LogP contribution in [0.25, 0.3) is 55.0 Å². The van der Waals surface area contributed by atoms with Crippen molar-refractivity contribution in [2.75, 3.05) is 57.9 Å². The Morgan fingerprint density at radius 2 is 1.34 bits per heavy atom. The number of piperidine rings is 4. The van der Waals surface area contributed by atoms with Crippen LogP contribution >= 0.6 is 0 Å². The SMILES string of the molecule is CNc1cc(F)cc2c1[nH]c1nc(Nc3cnc(C)nc3)nc(N3CC4CCC3C[C@H]4NCNc3cc(F)cc4c3[nH]c3nc(Nc5cnc6c(c5)nnn6C(C)C)nc(N5CC6CCC5C[C@H]6N)c34)c12. The minimum atomic E-state index is -0.364. The van der Waals surface area contributed by atoms with Crippen molar-refractivity contribution in [1.82, 2.24) is 65.2 Å². The molecule has 6 atom stereocenters. The molecule has 4 aliphatic heterocycles. The number of benzene rings is 2. The fraction of sp³-hybridized carbons (Fsp3) is 0.408. The average molecular weight is 961 g/mol. The molecule has 22 heteroatoms. The van der Waals surface area contributed by atoms with Gasteiger partial charge in [-0.25, -0.2) is 28.4 Å². The molecular weight excluding hydrogens is 907 g/mol. The summed E-state index contributed by atoms with van der Waals surface area (Å²) in [4.78, 5) is 45.3. The van der Waals surface area contributed by atoms with Crippen LogP contribution in [0.1, 0.15) is 64.2 Å². The number of aromatic nitrogens is 12. The van der Waals surface area contributed by atoms with Crippen LogP contribution in [0.4, 0.5) is 55.1 Å². The molecule has 4 bridgehead atoms. The third-order valence-electron chi connectivity index (χ3n) is 15.3. The van der Waals surface area contributed by atoms with Gasteiger partial charge in [0.25, 0.3) is 0 Å². The van der Waals surface area contributed by atoms with Crippen molar-refractivity contribution in [2.24, 2.45) is 17.6 Å². The molecule has 364 valence electrons. The first-order valence-corrected chi connectivity index (χ1v) is 24.5. The molecule has 20 nitrogen and oxygen atoms in total. The summed E-state index contributed by atoms with van der Waals surface area (Å²) in [6.07, 6.45) is 11.0. The highest BCUT2D eigenvalue weighted by atomic mass is 19.1. The molecule has 0 radical (unpaired) electrons. The third kappa shape index (κ3) is 7.49. The normalized spacial score (nSPS) is 22.0. The zero-order valence-corrected chi connectivity index (χ0v) is 39.7. The highest BCUT2D eigenvalue weighted by Gasteiger charge is 2.43. The lowest BCUT2D eigenvalue weighted by Crippen LogP contribution is -2.59. The average Bonchev–Trinajstić information content (AvgIpc) is 4.08. The van der Waals surface area contributed by atoms with Gasteiger partial charge in [-0.15, -0.1) is 5.10 Å². The van der Waals surface area contributed by atoms with Gasteiger partial charge in [-0.05, 0) is 101 Å². The van der Waals surface area contributed by atoms with E-state index in [2.05, 4.69) is 71.6 Å². The second-order valence-electron chi connectivity index (χ2n) is 20.0. The first kappa shape index (κ1) is 43.4. The minimum absolute atomic E-state index is 0.110. The first-order chi connectivity index (χ1) is 34.5. The number of nitrogens with zero attached hydrogens (tertiary/aromatic N) is 12.